The molecule has 2 aromatic heterocycles. The maximum atomic E-state index is 12.7. The van der Waals surface area contributed by atoms with E-state index in [0.29, 0.717) is 37.4 Å². The van der Waals surface area contributed by atoms with Crippen LogP contribution < -0.4 is 5.32 Å². The van der Waals surface area contributed by atoms with E-state index in [0.717, 1.165) is 11.9 Å². The third kappa shape index (κ3) is 3.29. The van der Waals surface area contributed by atoms with Crippen LogP contribution in [0.25, 0.3) is 0 Å². The van der Waals surface area contributed by atoms with E-state index >= 15 is 0 Å². The zero-order valence-electron chi connectivity index (χ0n) is 13.4. The fourth-order valence-electron chi connectivity index (χ4n) is 2.97. The van der Waals surface area contributed by atoms with Gasteiger partial charge in [-0.05, 0) is 25.3 Å². The van der Waals surface area contributed by atoms with E-state index in [9.17, 15) is 18.0 Å². The molecule has 0 saturated carbocycles. The molecule has 3 heterocycles. The van der Waals surface area contributed by atoms with Gasteiger partial charge in [-0.15, -0.1) is 0 Å². The fraction of sp³-hybridized carbons (Fsp3) is 0.533. The van der Waals surface area contributed by atoms with Crippen LogP contribution in [0.15, 0.2) is 12.3 Å². The number of nitrogens with zero attached hydrogens (tertiary/aromatic N) is 4. The van der Waals surface area contributed by atoms with Crippen molar-refractivity contribution in [1.29, 1.82) is 0 Å². The lowest BCUT2D eigenvalue weighted by atomic mass is 9.99. The van der Waals surface area contributed by atoms with Crippen LogP contribution >= 0.6 is 0 Å². The van der Waals surface area contributed by atoms with Crippen molar-refractivity contribution in [1.82, 2.24) is 24.6 Å². The zero-order chi connectivity index (χ0) is 17.5. The van der Waals surface area contributed by atoms with E-state index < -0.39 is 11.9 Å². The van der Waals surface area contributed by atoms with Crippen LogP contribution in [0.2, 0.25) is 0 Å². The van der Waals surface area contributed by atoms with Gasteiger partial charge in [0.25, 0.3) is 5.91 Å². The predicted molar refractivity (Wildman–Crippen MR) is 79.3 cm³/mol. The first-order valence-corrected chi connectivity index (χ1v) is 7.66. The number of amides is 1. The van der Waals surface area contributed by atoms with Gasteiger partial charge in [-0.1, -0.05) is 0 Å². The molecular weight excluding hydrogens is 323 g/mol. The molecule has 1 amide bonds. The number of aromatic nitrogens is 4. The van der Waals surface area contributed by atoms with Crippen LogP contribution in [0.4, 0.5) is 13.2 Å². The quantitative estimate of drug-likeness (QED) is 0.928. The Bertz CT molecular complexity index is 762. The number of hydrogen-bond acceptors (Lipinski definition) is 3. The molecule has 1 N–H and O–H groups in total. The van der Waals surface area contributed by atoms with E-state index in [1.165, 1.54) is 9.25 Å². The summed E-state index contributed by atoms with van der Waals surface area (Å²) in [7, 11) is 1.69. The van der Waals surface area contributed by atoms with Gasteiger partial charge >= 0.3 is 6.18 Å². The molecule has 0 bridgehead atoms. The minimum atomic E-state index is -4.43. The second-order valence-corrected chi connectivity index (χ2v) is 6.10. The summed E-state index contributed by atoms with van der Waals surface area (Å²) in [4.78, 5) is 15.8. The highest BCUT2D eigenvalue weighted by Gasteiger charge is 2.35. The normalized spacial score (nSPS) is 17.6. The molecule has 1 aliphatic rings. The number of rotatable bonds is 3. The molecule has 0 fully saturated rings. The standard InChI is InChI=1S/C15H18F3N5O/c1-9-5-11(22(2)21-9)14(24)19-6-10-3-4-13-20-12(15(16,17)18)8-23(13)7-10/h5,8,10H,3-4,6-7H2,1-2H3,(H,19,24). The number of hydrogen-bond donors (Lipinski definition) is 1. The molecule has 1 aliphatic heterocycles. The van der Waals surface area contributed by atoms with Gasteiger partial charge in [-0.25, -0.2) is 4.98 Å². The summed E-state index contributed by atoms with van der Waals surface area (Å²) in [6, 6.07) is 1.69. The monoisotopic (exact) mass is 341 g/mol. The maximum absolute atomic E-state index is 12.7. The van der Waals surface area contributed by atoms with E-state index in [1.807, 2.05) is 0 Å². The van der Waals surface area contributed by atoms with E-state index in [1.54, 1.807) is 20.0 Å². The third-order valence-electron chi connectivity index (χ3n) is 4.17. The van der Waals surface area contributed by atoms with E-state index in [-0.39, 0.29) is 11.8 Å². The first kappa shape index (κ1) is 16.5. The van der Waals surface area contributed by atoms with Crippen molar-refractivity contribution in [3.8, 4) is 0 Å². The number of fused-ring (bicyclic) bond motifs is 1. The van der Waals surface area contributed by atoms with Crippen molar-refractivity contribution in [2.45, 2.75) is 32.5 Å². The van der Waals surface area contributed by atoms with Gasteiger partial charge < -0.3 is 9.88 Å². The second kappa shape index (κ2) is 5.95. The smallest absolute Gasteiger partial charge is 0.350 e. The predicted octanol–water partition coefficient (Wildman–Crippen LogP) is 1.94. The van der Waals surface area contributed by atoms with Crippen LogP contribution in [0, 0.1) is 12.8 Å². The zero-order valence-corrected chi connectivity index (χ0v) is 13.4. The third-order valence-corrected chi connectivity index (χ3v) is 4.17. The Balaban J connectivity index is 1.61. The summed E-state index contributed by atoms with van der Waals surface area (Å²) >= 11 is 0. The minimum absolute atomic E-state index is 0.0751. The Kier molecular flexibility index (Phi) is 4.10. The Morgan fingerprint density at radius 2 is 2.21 bits per heavy atom. The summed E-state index contributed by atoms with van der Waals surface area (Å²) in [5.74, 6) is 0.295. The lowest BCUT2D eigenvalue weighted by Crippen LogP contribution is -2.34. The van der Waals surface area contributed by atoms with Crippen molar-refractivity contribution < 1.29 is 18.0 Å². The minimum Gasteiger partial charge on any atom is -0.350 e. The SMILES string of the molecule is Cc1cc(C(=O)NCC2CCc3nc(C(F)(F)F)cn3C2)n(C)n1. The van der Waals surface area contributed by atoms with Gasteiger partial charge in [0.1, 0.15) is 11.5 Å². The summed E-state index contributed by atoms with van der Waals surface area (Å²) in [6.45, 7) is 2.63. The topological polar surface area (TPSA) is 64.7 Å². The van der Waals surface area contributed by atoms with E-state index in [2.05, 4.69) is 15.4 Å². The first-order chi connectivity index (χ1) is 11.2. The number of carbonyl (C=O) groups excluding carboxylic acids is 1. The Morgan fingerprint density at radius 1 is 1.46 bits per heavy atom. The molecular formula is C15H18F3N5O. The number of imidazole rings is 1. The molecule has 9 heteroatoms. The van der Waals surface area contributed by atoms with Gasteiger partial charge in [0, 0.05) is 32.8 Å². The maximum Gasteiger partial charge on any atom is 0.434 e. The van der Waals surface area contributed by atoms with Crippen molar-refractivity contribution in [2.24, 2.45) is 13.0 Å². The van der Waals surface area contributed by atoms with Crippen molar-refractivity contribution in [2.75, 3.05) is 6.54 Å². The summed E-state index contributed by atoms with van der Waals surface area (Å²) in [5.41, 5.74) is 0.363. The molecule has 2 aromatic rings. The van der Waals surface area contributed by atoms with Gasteiger partial charge in [-0.2, -0.15) is 18.3 Å². The molecule has 3 rings (SSSR count). The lowest BCUT2D eigenvalue weighted by molar-refractivity contribution is -0.141. The van der Waals surface area contributed by atoms with E-state index in [4.69, 9.17) is 0 Å². The molecule has 0 aromatic carbocycles. The van der Waals surface area contributed by atoms with Crippen molar-refractivity contribution >= 4 is 5.91 Å². The van der Waals surface area contributed by atoms with Crippen LogP contribution in [-0.2, 0) is 26.2 Å². The van der Waals surface area contributed by atoms with Gasteiger partial charge in [0.05, 0.1) is 5.69 Å². The molecule has 6 nitrogen and oxygen atoms in total. The van der Waals surface area contributed by atoms with Crippen molar-refractivity contribution in [3.63, 3.8) is 0 Å². The number of nitrogens with one attached hydrogen (secondary N) is 1. The highest BCUT2D eigenvalue weighted by molar-refractivity contribution is 5.92. The van der Waals surface area contributed by atoms with Crippen LogP contribution in [0.1, 0.15) is 34.1 Å². The molecule has 1 unspecified atom stereocenters. The number of aryl methyl sites for hydroxylation is 3. The van der Waals surface area contributed by atoms with Crippen LogP contribution in [0.5, 0.6) is 0 Å². The molecule has 1 atom stereocenters. The summed E-state index contributed by atoms with van der Waals surface area (Å²) in [5, 5.41) is 6.95. The Labute approximate surface area is 136 Å². The number of alkyl halides is 3. The average Bonchev–Trinajstić information content (AvgIpc) is 3.06. The molecule has 0 spiro atoms. The Hall–Kier alpha value is -2.32. The number of carbonyl (C=O) groups is 1. The molecule has 24 heavy (non-hydrogen) atoms. The average molecular weight is 341 g/mol. The summed E-state index contributed by atoms with van der Waals surface area (Å²) < 4.78 is 41.2. The molecule has 0 saturated heterocycles. The van der Waals surface area contributed by atoms with Crippen molar-refractivity contribution in [3.05, 3.63) is 35.2 Å². The first-order valence-electron chi connectivity index (χ1n) is 7.66. The Morgan fingerprint density at radius 3 is 2.83 bits per heavy atom. The molecule has 0 aliphatic carbocycles. The van der Waals surface area contributed by atoms with Gasteiger partial charge in [0.15, 0.2) is 5.69 Å². The molecule has 130 valence electrons. The highest BCUT2D eigenvalue weighted by Crippen LogP contribution is 2.30. The van der Waals surface area contributed by atoms with Crippen LogP contribution in [-0.4, -0.2) is 31.8 Å². The second-order valence-electron chi connectivity index (χ2n) is 6.10. The summed E-state index contributed by atoms with van der Waals surface area (Å²) in [6.07, 6.45) is -2.21. The van der Waals surface area contributed by atoms with Gasteiger partial charge in [0.2, 0.25) is 0 Å². The fourth-order valence-corrected chi connectivity index (χ4v) is 2.97. The highest BCUT2D eigenvalue weighted by atomic mass is 19.4. The largest absolute Gasteiger partial charge is 0.434 e. The lowest BCUT2D eigenvalue weighted by Gasteiger charge is -2.23. The van der Waals surface area contributed by atoms with Gasteiger partial charge in [-0.3, -0.25) is 9.48 Å². The van der Waals surface area contributed by atoms with Crippen LogP contribution in [0.3, 0.4) is 0 Å². The number of halogens is 3. The molecule has 0 radical (unpaired) electrons.